The SMILES string of the molecule is O=C(c1cccc2c1OCC2)C1CCCO1. The molecule has 0 amide bonds. The number of Topliss-reactive ketones (excluding diaryl/α,β-unsaturated/α-hetero) is 1. The molecule has 3 rings (SSSR count). The molecule has 0 spiro atoms. The van der Waals surface area contributed by atoms with Crippen LogP contribution in [0.4, 0.5) is 0 Å². The summed E-state index contributed by atoms with van der Waals surface area (Å²) in [6, 6.07) is 5.79. The Kier molecular flexibility index (Phi) is 2.40. The molecular formula is C13H14O3. The minimum atomic E-state index is -0.254. The van der Waals surface area contributed by atoms with Crippen molar-refractivity contribution in [3.8, 4) is 5.75 Å². The Morgan fingerprint density at radius 3 is 3.06 bits per heavy atom. The standard InChI is InChI=1S/C13H14O3/c14-12(11-5-2-7-15-11)10-4-1-3-9-6-8-16-13(9)10/h1,3-4,11H,2,5-8H2. The van der Waals surface area contributed by atoms with E-state index in [0.717, 1.165) is 30.6 Å². The quantitative estimate of drug-likeness (QED) is 0.712. The highest BCUT2D eigenvalue weighted by Crippen LogP contribution is 2.31. The van der Waals surface area contributed by atoms with Crippen LogP contribution >= 0.6 is 0 Å². The molecule has 0 radical (unpaired) electrons. The van der Waals surface area contributed by atoms with Crippen molar-refractivity contribution in [2.24, 2.45) is 0 Å². The second-order valence-electron chi connectivity index (χ2n) is 4.26. The summed E-state index contributed by atoms with van der Waals surface area (Å²) < 4.78 is 11.0. The lowest BCUT2D eigenvalue weighted by Gasteiger charge is -2.11. The van der Waals surface area contributed by atoms with Gasteiger partial charge in [-0.05, 0) is 24.5 Å². The number of carbonyl (C=O) groups excluding carboxylic acids is 1. The van der Waals surface area contributed by atoms with E-state index < -0.39 is 0 Å². The van der Waals surface area contributed by atoms with E-state index in [2.05, 4.69) is 0 Å². The fourth-order valence-corrected chi connectivity index (χ4v) is 2.37. The molecule has 1 aromatic carbocycles. The molecule has 84 valence electrons. The third-order valence-corrected chi connectivity index (χ3v) is 3.20. The average Bonchev–Trinajstić information content (AvgIpc) is 2.98. The normalized spacial score (nSPS) is 22.9. The molecule has 0 N–H and O–H groups in total. The number of hydrogen-bond donors (Lipinski definition) is 0. The number of ether oxygens (including phenoxy) is 2. The Labute approximate surface area is 94.4 Å². The Morgan fingerprint density at radius 2 is 2.25 bits per heavy atom. The van der Waals surface area contributed by atoms with Crippen molar-refractivity contribution >= 4 is 5.78 Å². The molecule has 2 heterocycles. The molecule has 1 atom stereocenters. The molecule has 2 aliphatic rings. The Balaban J connectivity index is 1.94. The van der Waals surface area contributed by atoms with E-state index in [1.807, 2.05) is 18.2 Å². The third-order valence-electron chi connectivity index (χ3n) is 3.20. The van der Waals surface area contributed by atoms with E-state index in [0.29, 0.717) is 18.8 Å². The summed E-state index contributed by atoms with van der Waals surface area (Å²) in [6.07, 6.45) is 2.47. The molecule has 3 nitrogen and oxygen atoms in total. The first-order valence-corrected chi connectivity index (χ1v) is 5.77. The van der Waals surface area contributed by atoms with Crippen LogP contribution in [0.1, 0.15) is 28.8 Å². The fraction of sp³-hybridized carbons (Fsp3) is 0.462. The van der Waals surface area contributed by atoms with Gasteiger partial charge in [0.25, 0.3) is 0 Å². The summed E-state index contributed by atoms with van der Waals surface area (Å²) in [5.41, 5.74) is 1.84. The maximum Gasteiger partial charge on any atom is 0.195 e. The van der Waals surface area contributed by atoms with Crippen molar-refractivity contribution in [1.82, 2.24) is 0 Å². The molecule has 1 saturated heterocycles. The van der Waals surface area contributed by atoms with E-state index in [1.165, 1.54) is 0 Å². The molecule has 1 fully saturated rings. The number of benzene rings is 1. The minimum Gasteiger partial charge on any atom is -0.492 e. The molecule has 3 heteroatoms. The predicted molar refractivity (Wildman–Crippen MR) is 58.9 cm³/mol. The van der Waals surface area contributed by atoms with Crippen LogP contribution in [0.2, 0.25) is 0 Å². The molecule has 1 aromatic rings. The van der Waals surface area contributed by atoms with Crippen LogP contribution in [0.25, 0.3) is 0 Å². The summed E-state index contributed by atoms with van der Waals surface area (Å²) in [5, 5.41) is 0. The first-order valence-electron chi connectivity index (χ1n) is 5.77. The van der Waals surface area contributed by atoms with E-state index in [-0.39, 0.29) is 11.9 Å². The molecule has 0 saturated carbocycles. The van der Waals surface area contributed by atoms with Crippen molar-refractivity contribution < 1.29 is 14.3 Å². The highest BCUT2D eigenvalue weighted by molar-refractivity contribution is 6.02. The molecule has 1 unspecified atom stereocenters. The van der Waals surface area contributed by atoms with Crippen molar-refractivity contribution in [2.45, 2.75) is 25.4 Å². The topological polar surface area (TPSA) is 35.5 Å². The largest absolute Gasteiger partial charge is 0.492 e. The van der Waals surface area contributed by atoms with Crippen molar-refractivity contribution in [3.63, 3.8) is 0 Å². The lowest BCUT2D eigenvalue weighted by Crippen LogP contribution is -2.20. The second kappa shape index (κ2) is 3.91. The summed E-state index contributed by atoms with van der Waals surface area (Å²) >= 11 is 0. The van der Waals surface area contributed by atoms with E-state index in [4.69, 9.17) is 9.47 Å². The number of para-hydroxylation sites is 1. The predicted octanol–water partition coefficient (Wildman–Crippen LogP) is 1.98. The molecular weight excluding hydrogens is 204 g/mol. The van der Waals surface area contributed by atoms with Gasteiger partial charge in [0.1, 0.15) is 11.9 Å². The summed E-state index contributed by atoms with van der Waals surface area (Å²) in [6.45, 7) is 1.39. The molecule has 2 aliphatic heterocycles. The average molecular weight is 218 g/mol. The Hall–Kier alpha value is -1.35. The smallest absolute Gasteiger partial charge is 0.195 e. The highest BCUT2D eigenvalue weighted by atomic mass is 16.5. The van der Waals surface area contributed by atoms with Gasteiger partial charge in [0, 0.05) is 13.0 Å². The van der Waals surface area contributed by atoms with E-state index in [1.54, 1.807) is 0 Å². The van der Waals surface area contributed by atoms with Crippen LogP contribution in [0.3, 0.4) is 0 Å². The lowest BCUT2D eigenvalue weighted by molar-refractivity contribution is 0.0640. The number of hydrogen-bond acceptors (Lipinski definition) is 3. The maximum absolute atomic E-state index is 12.2. The second-order valence-corrected chi connectivity index (χ2v) is 4.26. The van der Waals surface area contributed by atoms with Gasteiger partial charge in [-0.3, -0.25) is 4.79 Å². The van der Waals surface area contributed by atoms with Gasteiger partial charge in [-0.15, -0.1) is 0 Å². The number of fused-ring (bicyclic) bond motifs is 1. The van der Waals surface area contributed by atoms with Gasteiger partial charge in [0.05, 0.1) is 12.2 Å². The zero-order valence-electron chi connectivity index (χ0n) is 9.07. The first-order chi connectivity index (χ1) is 7.86. The summed E-state index contributed by atoms with van der Waals surface area (Å²) in [7, 11) is 0. The minimum absolute atomic E-state index is 0.0799. The van der Waals surface area contributed by atoms with Crippen LogP contribution < -0.4 is 4.74 Å². The van der Waals surface area contributed by atoms with Crippen LogP contribution in [0.15, 0.2) is 18.2 Å². The van der Waals surface area contributed by atoms with Crippen molar-refractivity contribution in [2.75, 3.05) is 13.2 Å². The van der Waals surface area contributed by atoms with Crippen molar-refractivity contribution in [1.29, 1.82) is 0 Å². The summed E-state index contributed by atoms with van der Waals surface area (Å²) in [5.74, 6) is 0.860. The number of rotatable bonds is 2. The number of carbonyl (C=O) groups is 1. The van der Waals surface area contributed by atoms with Gasteiger partial charge in [-0.25, -0.2) is 0 Å². The van der Waals surface area contributed by atoms with Crippen molar-refractivity contribution in [3.05, 3.63) is 29.3 Å². The number of ketones is 1. The molecule has 0 aromatic heterocycles. The zero-order chi connectivity index (χ0) is 11.0. The Bertz CT molecular complexity index is 419. The molecule has 0 bridgehead atoms. The van der Waals surface area contributed by atoms with Gasteiger partial charge < -0.3 is 9.47 Å². The summed E-state index contributed by atoms with van der Waals surface area (Å²) in [4.78, 5) is 12.2. The zero-order valence-corrected chi connectivity index (χ0v) is 9.07. The van der Waals surface area contributed by atoms with Gasteiger partial charge in [-0.1, -0.05) is 12.1 Å². The molecule has 16 heavy (non-hydrogen) atoms. The maximum atomic E-state index is 12.2. The first kappa shape index (κ1) is 9.85. The van der Waals surface area contributed by atoms with Crippen LogP contribution in [0.5, 0.6) is 5.75 Å². The third kappa shape index (κ3) is 1.52. The van der Waals surface area contributed by atoms with Gasteiger partial charge in [0.2, 0.25) is 0 Å². The Morgan fingerprint density at radius 1 is 1.31 bits per heavy atom. The van der Waals surface area contributed by atoms with E-state index >= 15 is 0 Å². The highest BCUT2D eigenvalue weighted by Gasteiger charge is 2.29. The van der Waals surface area contributed by atoms with Gasteiger partial charge in [-0.2, -0.15) is 0 Å². The molecule has 0 aliphatic carbocycles. The van der Waals surface area contributed by atoms with E-state index in [9.17, 15) is 4.79 Å². The van der Waals surface area contributed by atoms with Gasteiger partial charge in [0.15, 0.2) is 5.78 Å². The van der Waals surface area contributed by atoms with Crippen LogP contribution in [-0.4, -0.2) is 25.1 Å². The van der Waals surface area contributed by atoms with Gasteiger partial charge >= 0.3 is 0 Å². The fourth-order valence-electron chi connectivity index (χ4n) is 2.37. The monoisotopic (exact) mass is 218 g/mol. The van der Waals surface area contributed by atoms with Crippen LogP contribution in [-0.2, 0) is 11.2 Å². The lowest BCUT2D eigenvalue weighted by atomic mass is 10.0. The van der Waals surface area contributed by atoms with Crippen LogP contribution in [0, 0.1) is 0 Å².